The highest BCUT2D eigenvalue weighted by Crippen LogP contribution is 2.38. The van der Waals surface area contributed by atoms with Crippen molar-refractivity contribution >= 4 is 9.84 Å². The number of hydrogen-bond acceptors (Lipinski definition) is 5. The third-order valence-electron chi connectivity index (χ3n) is 4.24. The second-order valence-electron chi connectivity index (χ2n) is 5.61. The monoisotopic (exact) mass is 278 g/mol. The van der Waals surface area contributed by atoms with Gasteiger partial charge in [-0.05, 0) is 25.7 Å². The largest absolute Gasteiger partial charge is 0.391 e. The van der Waals surface area contributed by atoms with Crippen molar-refractivity contribution in [3.63, 3.8) is 0 Å². The van der Waals surface area contributed by atoms with Gasteiger partial charge in [-0.15, -0.1) is 0 Å². The molecule has 1 spiro atoms. The Labute approximate surface area is 108 Å². The summed E-state index contributed by atoms with van der Waals surface area (Å²) in [7, 11) is -3.21. The van der Waals surface area contributed by atoms with Crippen LogP contribution < -0.4 is 0 Å². The summed E-state index contributed by atoms with van der Waals surface area (Å²) in [5, 5.41) is 9.52. The van der Waals surface area contributed by atoms with Crippen LogP contribution in [0.15, 0.2) is 0 Å². The van der Waals surface area contributed by atoms with Crippen LogP contribution in [0.2, 0.25) is 0 Å². The van der Waals surface area contributed by atoms with Gasteiger partial charge in [0.25, 0.3) is 0 Å². The van der Waals surface area contributed by atoms with Crippen molar-refractivity contribution in [1.82, 2.24) is 0 Å². The Bertz CT molecular complexity index is 385. The Morgan fingerprint density at radius 2 is 2.11 bits per heavy atom. The van der Waals surface area contributed by atoms with Crippen LogP contribution in [0.5, 0.6) is 0 Å². The van der Waals surface area contributed by atoms with Crippen molar-refractivity contribution in [2.45, 2.75) is 43.1 Å². The van der Waals surface area contributed by atoms with Gasteiger partial charge >= 0.3 is 0 Å². The number of aliphatic hydroxyl groups excluding tert-OH is 1. The molecule has 6 heteroatoms. The molecule has 106 valence electrons. The average Bonchev–Trinajstić information content (AvgIpc) is 2.74. The van der Waals surface area contributed by atoms with Gasteiger partial charge in [0.2, 0.25) is 0 Å². The van der Waals surface area contributed by atoms with Gasteiger partial charge in [-0.3, -0.25) is 0 Å². The Morgan fingerprint density at radius 1 is 1.39 bits per heavy atom. The summed E-state index contributed by atoms with van der Waals surface area (Å²) in [5.74, 6) is -0.0230. The van der Waals surface area contributed by atoms with Gasteiger partial charge in [0.05, 0.1) is 23.6 Å². The van der Waals surface area contributed by atoms with Crippen LogP contribution in [0.1, 0.15) is 26.2 Å². The molecule has 2 fully saturated rings. The molecule has 0 aliphatic carbocycles. The minimum Gasteiger partial charge on any atom is -0.391 e. The third kappa shape index (κ3) is 2.87. The predicted octanol–water partition coefficient (Wildman–Crippen LogP) is 0.366. The van der Waals surface area contributed by atoms with E-state index in [1.807, 2.05) is 0 Å². The van der Waals surface area contributed by atoms with Crippen molar-refractivity contribution in [1.29, 1.82) is 0 Å². The first-order valence-electron chi connectivity index (χ1n) is 6.43. The van der Waals surface area contributed by atoms with Crippen molar-refractivity contribution in [3.8, 4) is 0 Å². The smallest absolute Gasteiger partial charge is 0.152 e. The molecule has 0 amide bonds. The molecular weight excluding hydrogens is 256 g/mol. The van der Waals surface area contributed by atoms with E-state index in [1.54, 1.807) is 6.92 Å². The fourth-order valence-corrected chi connectivity index (χ4v) is 3.59. The zero-order chi connectivity index (χ0) is 13.4. The Hall–Kier alpha value is -0.170. The molecule has 5 nitrogen and oxygen atoms in total. The highest BCUT2D eigenvalue weighted by molar-refractivity contribution is 7.91. The number of ether oxygens (including phenoxy) is 2. The van der Waals surface area contributed by atoms with Gasteiger partial charge in [0.1, 0.15) is 0 Å². The molecule has 18 heavy (non-hydrogen) atoms. The zero-order valence-corrected chi connectivity index (χ0v) is 11.8. The molecule has 0 aromatic heterocycles. The summed E-state index contributed by atoms with van der Waals surface area (Å²) in [6, 6.07) is 0. The third-order valence-corrected chi connectivity index (χ3v) is 5.87. The molecule has 2 aliphatic heterocycles. The van der Waals surface area contributed by atoms with Gasteiger partial charge in [-0.2, -0.15) is 0 Å². The van der Waals surface area contributed by atoms with Crippen LogP contribution in [0.4, 0.5) is 0 Å². The summed E-state index contributed by atoms with van der Waals surface area (Å²) in [5.41, 5.74) is -0.291. The van der Waals surface area contributed by atoms with E-state index in [1.165, 1.54) is 6.26 Å². The normalized spacial score (nSPS) is 36.7. The molecule has 2 heterocycles. The molecule has 0 bridgehead atoms. The van der Waals surface area contributed by atoms with Crippen molar-refractivity contribution in [3.05, 3.63) is 0 Å². The fraction of sp³-hybridized carbons (Fsp3) is 1.00. The molecule has 1 N–H and O–H groups in total. The van der Waals surface area contributed by atoms with Crippen molar-refractivity contribution in [2.24, 2.45) is 5.92 Å². The molecule has 0 aromatic rings. The second kappa shape index (κ2) is 5.07. The summed E-state index contributed by atoms with van der Waals surface area (Å²) < 4.78 is 34.2. The molecule has 4 unspecified atom stereocenters. The van der Waals surface area contributed by atoms with E-state index < -0.39 is 21.2 Å². The maximum atomic E-state index is 11.5. The Kier molecular flexibility index (Phi) is 4.02. The summed E-state index contributed by atoms with van der Waals surface area (Å²) in [4.78, 5) is 0. The Morgan fingerprint density at radius 3 is 2.67 bits per heavy atom. The maximum absolute atomic E-state index is 11.5. The highest BCUT2D eigenvalue weighted by Gasteiger charge is 2.44. The lowest BCUT2D eigenvalue weighted by Gasteiger charge is -2.40. The first-order chi connectivity index (χ1) is 8.34. The van der Waals surface area contributed by atoms with E-state index in [-0.39, 0.29) is 11.5 Å². The van der Waals surface area contributed by atoms with Gasteiger partial charge in [0.15, 0.2) is 9.84 Å². The molecule has 0 aromatic carbocycles. The van der Waals surface area contributed by atoms with Crippen molar-refractivity contribution < 1.29 is 23.0 Å². The molecule has 0 saturated carbocycles. The molecule has 2 saturated heterocycles. The van der Waals surface area contributed by atoms with Crippen LogP contribution >= 0.6 is 0 Å². The topological polar surface area (TPSA) is 72.8 Å². The lowest BCUT2D eigenvalue weighted by Crippen LogP contribution is -2.47. The first kappa shape index (κ1) is 14.2. The quantitative estimate of drug-likeness (QED) is 0.807. The first-order valence-corrected chi connectivity index (χ1v) is 8.38. The van der Waals surface area contributed by atoms with E-state index in [4.69, 9.17) is 9.47 Å². The summed E-state index contributed by atoms with van der Waals surface area (Å²) in [6.45, 7) is 3.39. The predicted molar refractivity (Wildman–Crippen MR) is 67.2 cm³/mol. The van der Waals surface area contributed by atoms with Gasteiger partial charge in [-0.25, -0.2) is 8.42 Å². The van der Waals surface area contributed by atoms with E-state index >= 15 is 0 Å². The summed E-state index contributed by atoms with van der Waals surface area (Å²) in [6.07, 6.45) is 2.59. The SMILES string of the molecule is CC(C(O)C1CCOC2(CCOC2)C1)S(C)(=O)=O. The van der Waals surface area contributed by atoms with E-state index in [0.717, 1.165) is 6.42 Å². The zero-order valence-electron chi connectivity index (χ0n) is 11.0. The minimum absolute atomic E-state index is 0.0230. The Balaban J connectivity index is 2.04. The number of sulfone groups is 1. The summed E-state index contributed by atoms with van der Waals surface area (Å²) >= 11 is 0. The average molecular weight is 278 g/mol. The van der Waals surface area contributed by atoms with E-state index in [9.17, 15) is 13.5 Å². The lowest BCUT2D eigenvalue weighted by molar-refractivity contribution is -0.116. The van der Waals surface area contributed by atoms with Crippen LogP contribution in [-0.4, -0.2) is 56.6 Å². The molecule has 4 atom stereocenters. The molecule has 0 radical (unpaired) electrons. The van der Waals surface area contributed by atoms with E-state index in [2.05, 4.69) is 0 Å². The van der Waals surface area contributed by atoms with E-state index in [0.29, 0.717) is 32.7 Å². The number of aliphatic hydroxyl groups is 1. The number of rotatable bonds is 3. The van der Waals surface area contributed by atoms with Crippen LogP contribution in [-0.2, 0) is 19.3 Å². The molecule has 2 rings (SSSR count). The molecule has 2 aliphatic rings. The molecular formula is C12H22O5S. The second-order valence-corrected chi connectivity index (χ2v) is 8.01. The maximum Gasteiger partial charge on any atom is 0.152 e. The van der Waals surface area contributed by atoms with Crippen molar-refractivity contribution in [2.75, 3.05) is 26.1 Å². The van der Waals surface area contributed by atoms with Crippen LogP contribution in [0.25, 0.3) is 0 Å². The van der Waals surface area contributed by atoms with Crippen LogP contribution in [0, 0.1) is 5.92 Å². The van der Waals surface area contributed by atoms with Crippen LogP contribution in [0.3, 0.4) is 0 Å². The number of hydrogen-bond donors (Lipinski definition) is 1. The fourth-order valence-electron chi connectivity index (χ4n) is 2.86. The van der Waals surface area contributed by atoms with Gasteiger partial charge < -0.3 is 14.6 Å². The minimum atomic E-state index is -3.21. The highest BCUT2D eigenvalue weighted by atomic mass is 32.2. The standard InChI is InChI=1S/C12H22O5S/c1-9(18(2,14)15)11(13)10-3-5-17-12(7-10)4-6-16-8-12/h9-11,13H,3-8H2,1-2H3. The van der Waals surface area contributed by atoms with Gasteiger partial charge in [-0.1, -0.05) is 0 Å². The lowest BCUT2D eigenvalue weighted by atomic mass is 9.81. The van der Waals surface area contributed by atoms with Gasteiger partial charge in [0, 0.05) is 25.9 Å².